The van der Waals surface area contributed by atoms with Gasteiger partial charge < -0.3 is 31.8 Å². The minimum atomic E-state index is -0.535. The summed E-state index contributed by atoms with van der Waals surface area (Å²) in [4.78, 5) is 2.31. The van der Waals surface area contributed by atoms with Gasteiger partial charge in [-0.3, -0.25) is 0 Å². The van der Waals surface area contributed by atoms with Gasteiger partial charge in [0.2, 0.25) is 0 Å². The largest absolute Gasteiger partial charge is 0.487 e. The molecule has 1 saturated carbocycles. The van der Waals surface area contributed by atoms with Crippen LogP contribution >= 0.6 is 0 Å². The maximum Gasteiger partial charge on any atom is 0.120 e. The average molecular weight is 386 g/mol. The van der Waals surface area contributed by atoms with E-state index in [-0.39, 0.29) is 5.60 Å². The molecule has 1 unspecified atom stereocenters. The van der Waals surface area contributed by atoms with Crippen molar-refractivity contribution < 1.29 is 4.74 Å². The highest BCUT2D eigenvalue weighted by Crippen LogP contribution is 2.44. The standard InChI is InChI=1S/C22H35N5O/c1-3-9-22(10-11-22)28-16-7-8-18(23)17(14-16)21(25)19(24)15-20(26-2)27-12-5-4-6-13-27/h7-8,14-15,19,25-26H,3-6,9-13,23-24H2,1-2H3/b20-15+,25-21?. The molecule has 3 rings (SSSR count). The Morgan fingerprint density at radius 2 is 2.04 bits per heavy atom. The first-order valence-corrected chi connectivity index (χ1v) is 10.6. The molecule has 154 valence electrons. The van der Waals surface area contributed by atoms with Crippen molar-refractivity contribution in [1.82, 2.24) is 10.2 Å². The second kappa shape index (κ2) is 8.86. The molecule has 2 aliphatic rings. The van der Waals surface area contributed by atoms with Gasteiger partial charge in [0.15, 0.2) is 0 Å². The monoisotopic (exact) mass is 385 g/mol. The first-order valence-electron chi connectivity index (χ1n) is 10.6. The zero-order chi connectivity index (χ0) is 20.1. The number of nitrogen functional groups attached to an aromatic ring is 1. The van der Waals surface area contributed by atoms with Gasteiger partial charge in [-0.05, 0) is 62.8 Å². The Morgan fingerprint density at radius 3 is 2.64 bits per heavy atom. The van der Waals surface area contributed by atoms with Gasteiger partial charge in [0.05, 0.1) is 17.6 Å². The lowest BCUT2D eigenvalue weighted by Gasteiger charge is -2.31. The van der Waals surface area contributed by atoms with E-state index in [0.29, 0.717) is 17.0 Å². The van der Waals surface area contributed by atoms with E-state index in [9.17, 15) is 0 Å². The Morgan fingerprint density at radius 1 is 1.32 bits per heavy atom. The van der Waals surface area contributed by atoms with E-state index >= 15 is 0 Å². The van der Waals surface area contributed by atoms with Gasteiger partial charge in [0.25, 0.3) is 0 Å². The van der Waals surface area contributed by atoms with Crippen molar-refractivity contribution in [2.24, 2.45) is 5.73 Å². The molecular formula is C22H35N5O. The predicted octanol–water partition coefficient (Wildman–Crippen LogP) is 3.22. The highest BCUT2D eigenvalue weighted by atomic mass is 16.5. The number of ether oxygens (including phenoxy) is 1. The number of anilines is 1. The third-order valence-electron chi connectivity index (χ3n) is 5.79. The van der Waals surface area contributed by atoms with Gasteiger partial charge in [0.1, 0.15) is 11.4 Å². The minimum absolute atomic E-state index is 0.0140. The lowest BCUT2D eigenvalue weighted by molar-refractivity contribution is 0.167. The van der Waals surface area contributed by atoms with E-state index in [1.165, 1.54) is 19.3 Å². The fraction of sp³-hybridized carbons (Fsp3) is 0.591. The van der Waals surface area contributed by atoms with E-state index in [1.54, 1.807) is 0 Å². The highest BCUT2D eigenvalue weighted by molar-refractivity contribution is 6.07. The summed E-state index contributed by atoms with van der Waals surface area (Å²) in [7, 11) is 1.91. The summed E-state index contributed by atoms with van der Waals surface area (Å²) in [5.74, 6) is 1.77. The molecule has 0 bridgehead atoms. The van der Waals surface area contributed by atoms with Crippen LogP contribution in [-0.4, -0.2) is 42.4 Å². The van der Waals surface area contributed by atoms with Gasteiger partial charge in [-0.25, -0.2) is 0 Å². The summed E-state index contributed by atoms with van der Waals surface area (Å²) in [5, 5.41) is 11.9. The SMILES string of the molecule is CCCC1(Oc2ccc(N)c(C(=N)C(N)/C=C(\NC)N3CCCCC3)c2)CC1. The van der Waals surface area contributed by atoms with E-state index < -0.39 is 6.04 Å². The second-order valence-corrected chi connectivity index (χ2v) is 8.07. The van der Waals surface area contributed by atoms with Crippen molar-refractivity contribution in [2.45, 2.75) is 63.5 Å². The Kier molecular flexibility index (Phi) is 6.50. The quantitative estimate of drug-likeness (QED) is 0.386. The van der Waals surface area contributed by atoms with Gasteiger partial charge in [-0.15, -0.1) is 0 Å². The number of hydrogen-bond acceptors (Lipinski definition) is 6. The van der Waals surface area contributed by atoms with Crippen molar-refractivity contribution in [1.29, 1.82) is 5.41 Å². The molecule has 6 heteroatoms. The van der Waals surface area contributed by atoms with Crippen LogP contribution < -0.4 is 21.5 Å². The maximum atomic E-state index is 8.63. The predicted molar refractivity (Wildman–Crippen MR) is 116 cm³/mol. The van der Waals surface area contributed by atoms with Crippen molar-refractivity contribution >= 4 is 11.4 Å². The fourth-order valence-electron chi connectivity index (χ4n) is 3.99. The Bertz CT molecular complexity index is 720. The van der Waals surface area contributed by atoms with Crippen LogP contribution in [0.25, 0.3) is 0 Å². The number of nitrogens with one attached hydrogen (secondary N) is 2. The molecule has 0 aromatic heterocycles. The third-order valence-corrected chi connectivity index (χ3v) is 5.79. The van der Waals surface area contributed by atoms with Crippen molar-refractivity contribution in [2.75, 3.05) is 25.9 Å². The zero-order valence-corrected chi connectivity index (χ0v) is 17.3. The maximum absolute atomic E-state index is 8.63. The van der Waals surface area contributed by atoms with Gasteiger partial charge in [-0.1, -0.05) is 13.3 Å². The van der Waals surface area contributed by atoms with Crippen LogP contribution in [0.4, 0.5) is 5.69 Å². The number of nitrogens with two attached hydrogens (primary N) is 2. The van der Waals surface area contributed by atoms with Crippen LogP contribution in [0.1, 0.15) is 57.4 Å². The first-order chi connectivity index (χ1) is 13.5. The van der Waals surface area contributed by atoms with E-state index in [4.69, 9.17) is 21.6 Å². The number of piperidine rings is 1. The summed E-state index contributed by atoms with van der Waals surface area (Å²) in [6.07, 6.45) is 9.96. The smallest absolute Gasteiger partial charge is 0.120 e. The second-order valence-electron chi connectivity index (χ2n) is 8.07. The van der Waals surface area contributed by atoms with Crippen molar-refractivity contribution in [3.05, 3.63) is 35.7 Å². The van der Waals surface area contributed by atoms with Crippen LogP contribution in [0, 0.1) is 5.41 Å². The molecule has 1 heterocycles. The Labute approximate surface area is 168 Å². The minimum Gasteiger partial charge on any atom is -0.487 e. The van der Waals surface area contributed by atoms with E-state index in [1.807, 2.05) is 31.3 Å². The topological polar surface area (TPSA) is 100 Å². The summed E-state index contributed by atoms with van der Waals surface area (Å²) < 4.78 is 6.25. The molecule has 1 aromatic carbocycles. The third kappa shape index (κ3) is 4.79. The molecule has 0 spiro atoms. The van der Waals surface area contributed by atoms with Crippen LogP contribution in [-0.2, 0) is 0 Å². The number of benzene rings is 1. The zero-order valence-electron chi connectivity index (χ0n) is 17.3. The fourth-order valence-corrected chi connectivity index (χ4v) is 3.99. The highest BCUT2D eigenvalue weighted by Gasteiger charge is 2.44. The van der Waals surface area contributed by atoms with Crippen molar-refractivity contribution in [3.8, 4) is 5.75 Å². The summed E-state index contributed by atoms with van der Waals surface area (Å²) in [6.45, 7) is 4.23. The van der Waals surface area contributed by atoms with Crippen LogP contribution in [0.5, 0.6) is 5.75 Å². The number of hydrogen-bond donors (Lipinski definition) is 4. The first kappa shape index (κ1) is 20.5. The normalized spacial score (nSPS) is 19.8. The van der Waals surface area contributed by atoms with Crippen LogP contribution in [0.3, 0.4) is 0 Å². The summed E-state index contributed by atoms with van der Waals surface area (Å²) in [6, 6.07) is 5.06. The summed E-state index contributed by atoms with van der Waals surface area (Å²) in [5.41, 5.74) is 14.1. The molecule has 0 radical (unpaired) electrons. The van der Waals surface area contributed by atoms with Gasteiger partial charge >= 0.3 is 0 Å². The average Bonchev–Trinajstić information content (AvgIpc) is 3.46. The molecule has 28 heavy (non-hydrogen) atoms. The van der Waals surface area contributed by atoms with Crippen LogP contribution in [0.2, 0.25) is 0 Å². The molecule has 6 nitrogen and oxygen atoms in total. The molecule has 1 aromatic rings. The molecule has 1 aliphatic heterocycles. The van der Waals surface area contributed by atoms with E-state index in [0.717, 1.165) is 50.3 Å². The molecule has 6 N–H and O–H groups in total. The summed E-state index contributed by atoms with van der Waals surface area (Å²) >= 11 is 0. The molecule has 1 aliphatic carbocycles. The Hall–Kier alpha value is -2.21. The molecule has 0 amide bonds. The van der Waals surface area contributed by atoms with Gasteiger partial charge in [-0.2, -0.15) is 0 Å². The molecular weight excluding hydrogens is 350 g/mol. The number of likely N-dealkylation sites (tertiary alicyclic amines) is 1. The lowest BCUT2D eigenvalue weighted by atomic mass is 10.0. The van der Waals surface area contributed by atoms with Crippen molar-refractivity contribution in [3.63, 3.8) is 0 Å². The number of rotatable bonds is 9. The van der Waals surface area contributed by atoms with Gasteiger partial charge in [0, 0.05) is 31.4 Å². The molecule has 2 fully saturated rings. The number of nitrogens with zero attached hydrogens (tertiary/aromatic N) is 1. The molecule has 1 saturated heterocycles. The van der Waals surface area contributed by atoms with Crippen LogP contribution in [0.15, 0.2) is 30.1 Å². The van der Waals surface area contributed by atoms with E-state index in [2.05, 4.69) is 17.1 Å². The molecule has 1 atom stereocenters. The Balaban J connectivity index is 1.75. The lowest BCUT2D eigenvalue weighted by Crippen LogP contribution is -2.38.